The van der Waals surface area contributed by atoms with Gasteiger partial charge in [-0.05, 0) is 42.7 Å². The summed E-state index contributed by atoms with van der Waals surface area (Å²) in [5.74, 6) is 1.71. The van der Waals surface area contributed by atoms with Gasteiger partial charge in [0.1, 0.15) is 12.0 Å². The zero-order chi connectivity index (χ0) is 19.1. The highest BCUT2D eigenvalue weighted by Gasteiger charge is 2.38. The highest BCUT2D eigenvalue weighted by Crippen LogP contribution is 2.33. The Morgan fingerprint density at radius 1 is 1.07 bits per heavy atom. The van der Waals surface area contributed by atoms with Gasteiger partial charge in [-0.15, -0.1) is 0 Å². The smallest absolute Gasteiger partial charge is 0.227 e. The van der Waals surface area contributed by atoms with Crippen LogP contribution in [0.5, 0.6) is 5.75 Å². The monoisotopic (exact) mass is 380 g/mol. The van der Waals surface area contributed by atoms with E-state index in [1.807, 2.05) is 0 Å². The molecule has 2 bridgehead atoms. The molecule has 3 aliphatic heterocycles. The number of methoxy groups -OCH3 is 1. The summed E-state index contributed by atoms with van der Waals surface area (Å²) in [6.07, 6.45) is 6.35. The van der Waals surface area contributed by atoms with Crippen LogP contribution in [0.2, 0.25) is 0 Å². The third kappa shape index (κ3) is 3.38. The van der Waals surface area contributed by atoms with Gasteiger partial charge in [0.2, 0.25) is 11.2 Å². The lowest BCUT2D eigenvalue weighted by Gasteiger charge is -2.35. The molecule has 3 fully saturated rings. The first-order chi connectivity index (χ1) is 13.7. The van der Waals surface area contributed by atoms with E-state index in [1.54, 1.807) is 6.07 Å². The van der Waals surface area contributed by atoms with Crippen LogP contribution in [0.15, 0.2) is 45.8 Å². The summed E-state index contributed by atoms with van der Waals surface area (Å²) in [5.41, 5.74) is 2.95. The SMILES string of the molecule is COc1coc(CN2C[C@@H]3CC[C@H]2CN(C2Cc4ccccc4C2)C3)cc1=O. The predicted octanol–water partition coefficient (Wildman–Crippen LogP) is 2.71. The van der Waals surface area contributed by atoms with E-state index in [0.717, 1.165) is 18.8 Å². The molecule has 148 valence electrons. The fourth-order valence-corrected chi connectivity index (χ4v) is 5.37. The molecule has 0 N–H and O–H groups in total. The summed E-state index contributed by atoms with van der Waals surface area (Å²) < 4.78 is 10.7. The number of piperidine rings is 1. The molecule has 3 saturated heterocycles. The Kier molecular flexibility index (Phi) is 4.73. The van der Waals surface area contributed by atoms with E-state index in [9.17, 15) is 4.79 Å². The van der Waals surface area contributed by atoms with Crippen molar-refractivity contribution in [2.45, 2.75) is 44.3 Å². The number of hydrogen-bond donors (Lipinski definition) is 0. The summed E-state index contributed by atoms with van der Waals surface area (Å²) in [7, 11) is 1.50. The highest BCUT2D eigenvalue weighted by atomic mass is 16.5. The molecular weight excluding hydrogens is 352 g/mol. The fraction of sp³-hybridized carbons (Fsp3) is 0.522. The number of fused-ring (bicyclic) bond motifs is 5. The standard InChI is InChI=1S/C23H28N2O3/c1-27-23-15-28-21(10-22(23)26)14-25-12-16-6-7-19(25)13-24(11-16)20-8-17-4-2-3-5-18(17)9-20/h2-5,10,15-16,19-20H,6-9,11-14H2,1H3/t16-,19+/m1/s1. The second-order valence-electron chi connectivity index (χ2n) is 8.59. The number of rotatable bonds is 4. The van der Waals surface area contributed by atoms with E-state index in [2.05, 4.69) is 34.1 Å². The maximum Gasteiger partial charge on any atom is 0.227 e. The molecule has 0 radical (unpaired) electrons. The van der Waals surface area contributed by atoms with Gasteiger partial charge in [-0.3, -0.25) is 14.6 Å². The maximum absolute atomic E-state index is 12.1. The highest BCUT2D eigenvalue weighted by molar-refractivity contribution is 5.33. The summed E-state index contributed by atoms with van der Waals surface area (Å²) in [6, 6.07) is 11.7. The van der Waals surface area contributed by atoms with Gasteiger partial charge in [-0.2, -0.15) is 0 Å². The van der Waals surface area contributed by atoms with Crippen LogP contribution in [0.25, 0.3) is 0 Å². The molecule has 4 heterocycles. The molecule has 5 heteroatoms. The molecule has 2 atom stereocenters. The molecule has 28 heavy (non-hydrogen) atoms. The van der Waals surface area contributed by atoms with Gasteiger partial charge in [0.05, 0.1) is 13.7 Å². The topological polar surface area (TPSA) is 45.9 Å². The lowest BCUT2D eigenvalue weighted by atomic mass is 9.95. The molecular formula is C23H28N2O3. The Bertz CT molecular complexity index is 884. The Hall–Kier alpha value is -2.11. The van der Waals surface area contributed by atoms with Gasteiger partial charge < -0.3 is 9.15 Å². The normalized spacial score (nSPS) is 25.6. The van der Waals surface area contributed by atoms with Gasteiger partial charge in [0.15, 0.2) is 0 Å². The van der Waals surface area contributed by atoms with Crippen molar-refractivity contribution in [1.29, 1.82) is 0 Å². The molecule has 6 rings (SSSR count). The number of benzene rings is 1. The van der Waals surface area contributed by atoms with Crippen molar-refractivity contribution in [3.8, 4) is 5.75 Å². The molecule has 1 aromatic carbocycles. The Morgan fingerprint density at radius 2 is 1.86 bits per heavy atom. The predicted molar refractivity (Wildman–Crippen MR) is 108 cm³/mol. The molecule has 1 aromatic heterocycles. The van der Waals surface area contributed by atoms with Crippen molar-refractivity contribution in [1.82, 2.24) is 9.80 Å². The van der Waals surface area contributed by atoms with E-state index in [1.165, 1.54) is 56.7 Å². The Balaban J connectivity index is 1.29. The maximum atomic E-state index is 12.1. The van der Waals surface area contributed by atoms with Gasteiger partial charge in [0.25, 0.3) is 0 Å². The summed E-state index contributed by atoms with van der Waals surface area (Å²) in [6.45, 7) is 4.11. The zero-order valence-corrected chi connectivity index (χ0v) is 16.5. The van der Waals surface area contributed by atoms with E-state index < -0.39 is 0 Å². The molecule has 4 aliphatic rings. The third-order valence-corrected chi connectivity index (χ3v) is 6.83. The third-order valence-electron chi connectivity index (χ3n) is 6.83. The van der Waals surface area contributed by atoms with Crippen molar-refractivity contribution in [2.24, 2.45) is 5.92 Å². The molecule has 1 aliphatic carbocycles. The van der Waals surface area contributed by atoms with E-state index >= 15 is 0 Å². The summed E-state index contributed by atoms with van der Waals surface area (Å²) in [5, 5.41) is 0. The minimum absolute atomic E-state index is 0.103. The lowest BCUT2D eigenvalue weighted by molar-refractivity contribution is 0.111. The van der Waals surface area contributed by atoms with Gasteiger partial charge in [0, 0.05) is 37.8 Å². The van der Waals surface area contributed by atoms with Crippen LogP contribution in [0.3, 0.4) is 0 Å². The van der Waals surface area contributed by atoms with Crippen molar-refractivity contribution >= 4 is 0 Å². The number of nitrogens with zero attached hydrogens (tertiary/aromatic N) is 2. The Morgan fingerprint density at radius 3 is 2.57 bits per heavy atom. The largest absolute Gasteiger partial charge is 0.490 e. The van der Waals surface area contributed by atoms with E-state index in [0.29, 0.717) is 24.5 Å². The van der Waals surface area contributed by atoms with Crippen LogP contribution in [-0.4, -0.2) is 48.6 Å². The van der Waals surface area contributed by atoms with Crippen molar-refractivity contribution in [3.63, 3.8) is 0 Å². The summed E-state index contributed by atoms with van der Waals surface area (Å²) >= 11 is 0. The minimum Gasteiger partial charge on any atom is -0.490 e. The molecule has 2 aromatic rings. The average Bonchev–Trinajstić information content (AvgIpc) is 2.93. The van der Waals surface area contributed by atoms with Crippen molar-refractivity contribution in [3.05, 3.63) is 63.7 Å². The number of hydrogen-bond acceptors (Lipinski definition) is 5. The van der Waals surface area contributed by atoms with Gasteiger partial charge in [-0.25, -0.2) is 0 Å². The van der Waals surface area contributed by atoms with Gasteiger partial charge in [-0.1, -0.05) is 24.3 Å². The first-order valence-corrected chi connectivity index (χ1v) is 10.4. The van der Waals surface area contributed by atoms with Crippen LogP contribution in [0.4, 0.5) is 0 Å². The van der Waals surface area contributed by atoms with Gasteiger partial charge >= 0.3 is 0 Å². The lowest BCUT2D eigenvalue weighted by Crippen LogP contribution is -2.44. The number of ether oxygens (including phenoxy) is 1. The van der Waals surface area contributed by atoms with E-state index in [-0.39, 0.29) is 11.2 Å². The van der Waals surface area contributed by atoms with Crippen LogP contribution in [-0.2, 0) is 19.4 Å². The Labute approximate surface area is 165 Å². The molecule has 0 unspecified atom stereocenters. The second-order valence-corrected chi connectivity index (χ2v) is 8.59. The molecule has 0 amide bonds. The zero-order valence-electron chi connectivity index (χ0n) is 16.5. The van der Waals surface area contributed by atoms with Crippen LogP contribution in [0.1, 0.15) is 29.7 Å². The van der Waals surface area contributed by atoms with E-state index in [4.69, 9.17) is 9.15 Å². The first kappa shape index (κ1) is 18.0. The molecule has 5 nitrogen and oxygen atoms in total. The van der Waals surface area contributed by atoms with Crippen molar-refractivity contribution < 1.29 is 9.15 Å². The second kappa shape index (κ2) is 7.37. The summed E-state index contributed by atoms with van der Waals surface area (Å²) in [4.78, 5) is 17.3. The molecule has 0 saturated carbocycles. The average molecular weight is 380 g/mol. The van der Waals surface area contributed by atoms with Crippen molar-refractivity contribution in [2.75, 3.05) is 26.7 Å². The fourth-order valence-electron chi connectivity index (χ4n) is 5.37. The van der Waals surface area contributed by atoms with Crippen LogP contribution in [0, 0.1) is 5.92 Å². The quantitative estimate of drug-likeness (QED) is 0.816. The molecule has 0 spiro atoms. The van der Waals surface area contributed by atoms with Crippen LogP contribution < -0.4 is 10.2 Å². The first-order valence-electron chi connectivity index (χ1n) is 10.4. The minimum atomic E-state index is -0.103. The van der Waals surface area contributed by atoms with Crippen LogP contribution >= 0.6 is 0 Å².